The number of carbonyl (C=O) groups is 1. The molecule has 15 heavy (non-hydrogen) atoms. The topological polar surface area (TPSA) is 59.0 Å². The normalized spacial score (nSPS) is 10.3. The highest BCUT2D eigenvalue weighted by atomic mass is 16.1. The highest BCUT2D eigenvalue weighted by molar-refractivity contribution is 5.77. The minimum atomic E-state index is 0.0334. The van der Waals surface area contributed by atoms with Crippen molar-refractivity contribution in [2.75, 3.05) is 19.6 Å². The van der Waals surface area contributed by atoms with E-state index in [0.29, 0.717) is 13.1 Å². The summed E-state index contributed by atoms with van der Waals surface area (Å²) < 4.78 is 1.95. The van der Waals surface area contributed by atoms with E-state index in [4.69, 9.17) is 0 Å². The lowest BCUT2D eigenvalue weighted by Gasteiger charge is -2.05. The molecule has 1 amide bonds. The number of aryl methyl sites for hydroxylation is 1. The van der Waals surface area contributed by atoms with Crippen molar-refractivity contribution in [2.24, 2.45) is 7.05 Å². The maximum absolute atomic E-state index is 11.2. The molecule has 0 saturated carbocycles. The van der Waals surface area contributed by atoms with Gasteiger partial charge >= 0.3 is 0 Å². The Kier molecular flexibility index (Phi) is 4.83. The first-order valence-corrected chi connectivity index (χ1v) is 5.17. The molecule has 5 heteroatoms. The molecule has 2 N–H and O–H groups in total. The van der Waals surface area contributed by atoms with Gasteiger partial charge in [-0.05, 0) is 6.54 Å². The average molecular weight is 210 g/mol. The van der Waals surface area contributed by atoms with Crippen molar-refractivity contribution in [1.29, 1.82) is 0 Å². The second-order valence-corrected chi connectivity index (χ2v) is 3.33. The molecular weight excluding hydrogens is 192 g/mol. The van der Waals surface area contributed by atoms with Gasteiger partial charge in [-0.25, -0.2) is 4.98 Å². The van der Waals surface area contributed by atoms with Gasteiger partial charge in [-0.15, -0.1) is 0 Å². The van der Waals surface area contributed by atoms with Crippen LogP contribution in [0.1, 0.15) is 12.7 Å². The Morgan fingerprint density at radius 1 is 1.60 bits per heavy atom. The summed E-state index contributed by atoms with van der Waals surface area (Å²) in [7, 11) is 1.95. The molecule has 1 aromatic heterocycles. The molecule has 0 fully saturated rings. The maximum Gasteiger partial charge on any atom is 0.233 e. The van der Waals surface area contributed by atoms with E-state index in [-0.39, 0.29) is 5.91 Å². The lowest BCUT2D eigenvalue weighted by Crippen LogP contribution is -2.35. The number of imidazole rings is 1. The van der Waals surface area contributed by atoms with Gasteiger partial charge in [0.15, 0.2) is 0 Å². The Morgan fingerprint density at radius 3 is 3.00 bits per heavy atom. The van der Waals surface area contributed by atoms with E-state index >= 15 is 0 Å². The summed E-state index contributed by atoms with van der Waals surface area (Å²) in [4.78, 5) is 15.4. The SMILES string of the molecule is CCNCC(=O)NCCc1nccn1C. The van der Waals surface area contributed by atoms with Gasteiger partial charge < -0.3 is 15.2 Å². The third-order valence-corrected chi connectivity index (χ3v) is 2.13. The summed E-state index contributed by atoms with van der Waals surface area (Å²) in [6, 6.07) is 0. The summed E-state index contributed by atoms with van der Waals surface area (Å²) in [5.41, 5.74) is 0. The van der Waals surface area contributed by atoms with E-state index in [2.05, 4.69) is 15.6 Å². The van der Waals surface area contributed by atoms with E-state index in [0.717, 1.165) is 18.8 Å². The van der Waals surface area contributed by atoms with Gasteiger partial charge in [0.25, 0.3) is 0 Å². The molecule has 0 aliphatic heterocycles. The van der Waals surface area contributed by atoms with Crippen molar-refractivity contribution in [1.82, 2.24) is 20.2 Å². The van der Waals surface area contributed by atoms with Crippen molar-refractivity contribution in [3.63, 3.8) is 0 Å². The highest BCUT2D eigenvalue weighted by Gasteiger charge is 2.01. The molecule has 0 unspecified atom stereocenters. The van der Waals surface area contributed by atoms with Gasteiger partial charge in [0.05, 0.1) is 6.54 Å². The van der Waals surface area contributed by atoms with Crippen LogP contribution < -0.4 is 10.6 Å². The summed E-state index contributed by atoms with van der Waals surface area (Å²) >= 11 is 0. The number of hydrogen-bond donors (Lipinski definition) is 2. The Morgan fingerprint density at radius 2 is 2.40 bits per heavy atom. The molecule has 0 radical (unpaired) electrons. The van der Waals surface area contributed by atoms with Gasteiger partial charge in [0, 0.05) is 32.4 Å². The van der Waals surface area contributed by atoms with E-state index in [9.17, 15) is 4.79 Å². The molecule has 1 rings (SSSR count). The standard InChI is InChI=1S/C10H18N4O/c1-3-11-8-10(15)13-5-4-9-12-6-7-14(9)2/h6-7,11H,3-5,8H2,1-2H3,(H,13,15). The summed E-state index contributed by atoms with van der Waals surface area (Å²) in [6.45, 7) is 3.81. The molecule has 5 nitrogen and oxygen atoms in total. The van der Waals surface area contributed by atoms with E-state index in [1.165, 1.54) is 0 Å². The number of aromatic nitrogens is 2. The highest BCUT2D eigenvalue weighted by Crippen LogP contribution is 1.93. The molecule has 1 aromatic rings. The number of nitrogens with one attached hydrogen (secondary N) is 2. The summed E-state index contributed by atoms with van der Waals surface area (Å²) in [5.74, 6) is 1.02. The minimum Gasteiger partial charge on any atom is -0.355 e. The van der Waals surface area contributed by atoms with Crippen molar-refractivity contribution in [3.8, 4) is 0 Å². The van der Waals surface area contributed by atoms with Gasteiger partial charge in [-0.1, -0.05) is 6.92 Å². The third-order valence-electron chi connectivity index (χ3n) is 2.13. The molecule has 0 spiro atoms. The van der Waals surface area contributed by atoms with Crippen LogP contribution in [0.4, 0.5) is 0 Å². The second-order valence-electron chi connectivity index (χ2n) is 3.33. The lowest BCUT2D eigenvalue weighted by atomic mass is 10.4. The summed E-state index contributed by atoms with van der Waals surface area (Å²) in [5, 5.41) is 5.80. The van der Waals surface area contributed by atoms with Crippen molar-refractivity contribution in [2.45, 2.75) is 13.3 Å². The van der Waals surface area contributed by atoms with Crippen LogP contribution in [0.5, 0.6) is 0 Å². The van der Waals surface area contributed by atoms with Gasteiger partial charge in [-0.3, -0.25) is 4.79 Å². The first-order valence-electron chi connectivity index (χ1n) is 5.17. The monoisotopic (exact) mass is 210 g/mol. The third kappa shape index (κ3) is 4.12. The Labute approximate surface area is 89.9 Å². The van der Waals surface area contributed by atoms with Crippen molar-refractivity contribution in [3.05, 3.63) is 18.2 Å². The smallest absolute Gasteiger partial charge is 0.233 e. The molecule has 0 bridgehead atoms. The molecule has 0 aromatic carbocycles. The largest absolute Gasteiger partial charge is 0.355 e. The molecule has 0 aliphatic rings. The second kappa shape index (κ2) is 6.19. The predicted molar refractivity (Wildman–Crippen MR) is 58.5 cm³/mol. The van der Waals surface area contributed by atoms with Crippen LogP contribution in [-0.2, 0) is 18.3 Å². The molecule has 0 aliphatic carbocycles. The van der Waals surface area contributed by atoms with Crippen LogP contribution in [0, 0.1) is 0 Å². The van der Waals surface area contributed by atoms with Crippen LogP contribution in [0.2, 0.25) is 0 Å². The summed E-state index contributed by atoms with van der Waals surface area (Å²) in [6.07, 6.45) is 4.42. The predicted octanol–water partition coefficient (Wildman–Crippen LogP) is -0.312. The Hall–Kier alpha value is -1.36. The fourth-order valence-electron chi connectivity index (χ4n) is 1.25. The number of likely N-dealkylation sites (N-methyl/N-ethyl adjacent to an activating group) is 1. The number of rotatable bonds is 6. The van der Waals surface area contributed by atoms with Crippen LogP contribution >= 0.6 is 0 Å². The van der Waals surface area contributed by atoms with Crippen LogP contribution in [-0.4, -0.2) is 35.1 Å². The molecule has 84 valence electrons. The molecule has 1 heterocycles. The Balaban J connectivity index is 2.16. The zero-order valence-electron chi connectivity index (χ0n) is 9.29. The van der Waals surface area contributed by atoms with Crippen LogP contribution in [0.25, 0.3) is 0 Å². The van der Waals surface area contributed by atoms with Crippen molar-refractivity contribution >= 4 is 5.91 Å². The number of carbonyl (C=O) groups excluding carboxylic acids is 1. The maximum atomic E-state index is 11.2. The van der Waals surface area contributed by atoms with Gasteiger partial charge in [-0.2, -0.15) is 0 Å². The number of amides is 1. The molecule has 0 saturated heterocycles. The zero-order valence-corrected chi connectivity index (χ0v) is 9.29. The number of nitrogens with zero attached hydrogens (tertiary/aromatic N) is 2. The van der Waals surface area contributed by atoms with Crippen molar-refractivity contribution < 1.29 is 4.79 Å². The fourth-order valence-corrected chi connectivity index (χ4v) is 1.25. The minimum absolute atomic E-state index is 0.0334. The van der Waals surface area contributed by atoms with E-state index in [1.807, 2.05) is 24.7 Å². The first-order chi connectivity index (χ1) is 7.24. The fraction of sp³-hybridized carbons (Fsp3) is 0.600. The van der Waals surface area contributed by atoms with E-state index in [1.54, 1.807) is 6.20 Å². The average Bonchev–Trinajstić information content (AvgIpc) is 2.61. The number of hydrogen-bond acceptors (Lipinski definition) is 3. The van der Waals surface area contributed by atoms with E-state index < -0.39 is 0 Å². The Bertz CT molecular complexity index is 308. The zero-order chi connectivity index (χ0) is 11.1. The first kappa shape index (κ1) is 11.7. The van der Waals surface area contributed by atoms with Crippen LogP contribution in [0.3, 0.4) is 0 Å². The molecule has 0 atom stereocenters. The quantitative estimate of drug-likeness (QED) is 0.677. The van der Waals surface area contributed by atoms with Gasteiger partial charge in [0.1, 0.15) is 5.82 Å². The van der Waals surface area contributed by atoms with Crippen LogP contribution in [0.15, 0.2) is 12.4 Å². The molecular formula is C10H18N4O. The lowest BCUT2D eigenvalue weighted by molar-refractivity contribution is -0.120. The van der Waals surface area contributed by atoms with Gasteiger partial charge in [0.2, 0.25) is 5.91 Å².